The first kappa shape index (κ1) is 16.0. The Kier molecular flexibility index (Phi) is 5.06. The summed E-state index contributed by atoms with van der Waals surface area (Å²) in [5.41, 5.74) is 1.62. The van der Waals surface area contributed by atoms with Crippen molar-refractivity contribution < 1.29 is 4.74 Å². The third-order valence-electron chi connectivity index (χ3n) is 2.82. The normalized spacial score (nSPS) is 11.5. The van der Waals surface area contributed by atoms with E-state index in [1.807, 2.05) is 30.5 Å². The molecule has 0 atom stereocenters. The summed E-state index contributed by atoms with van der Waals surface area (Å²) in [6.07, 6.45) is 1.91. The lowest BCUT2D eigenvalue weighted by Crippen LogP contribution is -2.18. The molecule has 0 spiro atoms. The smallest absolute Gasteiger partial charge is 0.240 e. The molecular formula is C15H18ClN3OS. The fourth-order valence-corrected chi connectivity index (χ4v) is 2.11. The minimum Gasteiger partial charge on any atom is -0.471 e. The molecule has 1 heterocycles. The SMILES string of the molecule is CSc1nnc(C(C)(C)C)c(OCc2ccc(Cl)cc2)n1. The molecular weight excluding hydrogens is 306 g/mol. The van der Waals surface area contributed by atoms with Gasteiger partial charge in [-0.3, -0.25) is 0 Å². The van der Waals surface area contributed by atoms with Crippen LogP contribution >= 0.6 is 23.4 Å². The molecule has 112 valence electrons. The van der Waals surface area contributed by atoms with Gasteiger partial charge in [0.05, 0.1) is 0 Å². The molecule has 0 N–H and O–H groups in total. The molecule has 0 saturated carbocycles. The zero-order chi connectivity index (χ0) is 15.5. The minimum absolute atomic E-state index is 0.174. The quantitative estimate of drug-likeness (QED) is 0.792. The van der Waals surface area contributed by atoms with Gasteiger partial charge < -0.3 is 4.74 Å². The summed E-state index contributed by atoms with van der Waals surface area (Å²) >= 11 is 7.32. The summed E-state index contributed by atoms with van der Waals surface area (Å²) in [6, 6.07) is 7.55. The first-order valence-electron chi connectivity index (χ1n) is 6.56. The zero-order valence-corrected chi connectivity index (χ0v) is 14.1. The van der Waals surface area contributed by atoms with Crippen molar-refractivity contribution in [3.8, 4) is 5.88 Å². The number of benzene rings is 1. The maximum absolute atomic E-state index is 5.88. The molecule has 6 heteroatoms. The molecule has 0 fully saturated rings. The summed E-state index contributed by atoms with van der Waals surface area (Å²) in [5, 5.41) is 9.68. The molecule has 21 heavy (non-hydrogen) atoms. The van der Waals surface area contributed by atoms with Crippen LogP contribution in [-0.4, -0.2) is 21.4 Å². The highest BCUT2D eigenvalue weighted by atomic mass is 35.5. The molecule has 4 nitrogen and oxygen atoms in total. The Morgan fingerprint density at radius 1 is 1.14 bits per heavy atom. The lowest BCUT2D eigenvalue weighted by atomic mass is 9.92. The van der Waals surface area contributed by atoms with E-state index in [4.69, 9.17) is 16.3 Å². The summed E-state index contributed by atoms with van der Waals surface area (Å²) in [6.45, 7) is 6.61. The molecule has 0 saturated heterocycles. The molecule has 0 aliphatic heterocycles. The highest BCUT2D eigenvalue weighted by Crippen LogP contribution is 2.28. The van der Waals surface area contributed by atoms with Gasteiger partial charge in [0.2, 0.25) is 11.0 Å². The molecule has 0 aliphatic carbocycles. The van der Waals surface area contributed by atoms with Crippen molar-refractivity contribution in [2.75, 3.05) is 6.26 Å². The molecule has 0 unspecified atom stereocenters. The molecule has 0 amide bonds. The number of ether oxygens (including phenoxy) is 1. The average molecular weight is 324 g/mol. The molecule has 2 aromatic rings. The predicted molar refractivity (Wildman–Crippen MR) is 86.1 cm³/mol. The van der Waals surface area contributed by atoms with Crippen molar-refractivity contribution >= 4 is 23.4 Å². The van der Waals surface area contributed by atoms with Crippen LogP contribution in [0, 0.1) is 0 Å². The van der Waals surface area contributed by atoms with Crippen molar-refractivity contribution in [3.05, 3.63) is 40.5 Å². The highest BCUT2D eigenvalue weighted by molar-refractivity contribution is 7.98. The largest absolute Gasteiger partial charge is 0.471 e. The Morgan fingerprint density at radius 3 is 2.38 bits per heavy atom. The van der Waals surface area contributed by atoms with Crippen molar-refractivity contribution in [2.24, 2.45) is 0 Å². The molecule has 0 bridgehead atoms. The number of nitrogens with zero attached hydrogens (tertiary/aromatic N) is 3. The van der Waals surface area contributed by atoms with Crippen LogP contribution in [0.5, 0.6) is 5.88 Å². The van der Waals surface area contributed by atoms with Crippen LogP contribution in [-0.2, 0) is 12.0 Å². The van der Waals surface area contributed by atoms with Gasteiger partial charge in [0.15, 0.2) is 0 Å². The van der Waals surface area contributed by atoms with Gasteiger partial charge in [-0.1, -0.05) is 56.3 Å². The van der Waals surface area contributed by atoms with Gasteiger partial charge in [0.1, 0.15) is 12.3 Å². The summed E-state index contributed by atoms with van der Waals surface area (Å²) in [4.78, 5) is 4.43. The van der Waals surface area contributed by atoms with E-state index in [2.05, 4.69) is 36.0 Å². The van der Waals surface area contributed by atoms with Crippen LogP contribution in [0.25, 0.3) is 0 Å². The highest BCUT2D eigenvalue weighted by Gasteiger charge is 2.23. The fraction of sp³-hybridized carbons (Fsp3) is 0.400. The van der Waals surface area contributed by atoms with Gasteiger partial charge in [0.25, 0.3) is 0 Å². The van der Waals surface area contributed by atoms with Gasteiger partial charge >= 0.3 is 0 Å². The van der Waals surface area contributed by atoms with Crippen LogP contribution in [0.4, 0.5) is 0 Å². The number of thioether (sulfide) groups is 1. The maximum Gasteiger partial charge on any atom is 0.240 e. The first-order chi connectivity index (χ1) is 9.90. The number of hydrogen-bond acceptors (Lipinski definition) is 5. The Morgan fingerprint density at radius 2 is 1.81 bits per heavy atom. The van der Waals surface area contributed by atoms with E-state index in [1.54, 1.807) is 0 Å². The van der Waals surface area contributed by atoms with Crippen molar-refractivity contribution in [1.82, 2.24) is 15.2 Å². The maximum atomic E-state index is 5.88. The van der Waals surface area contributed by atoms with E-state index in [1.165, 1.54) is 11.8 Å². The van der Waals surface area contributed by atoms with Crippen molar-refractivity contribution in [3.63, 3.8) is 0 Å². The minimum atomic E-state index is -0.174. The molecule has 0 aliphatic rings. The Bertz CT molecular complexity index is 611. The average Bonchev–Trinajstić information content (AvgIpc) is 2.45. The van der Waals surface area contributed by atoms with E-state index in [0.29, 0.717) is 22.7 Å². The molecule has 1 aromatic heterocycles. The number of halogens is 1. The topological polar surface area (TPSA) is 47.9 Å². The van der Waals surface area contributed by atoms with Crippen LogP contribution in [0.1, 0.15) is 32.0 Å². The lowest BCUT2D eigenvalue weighted by molar-refractivity contribution is 0.276. The molecule has 2 rings (SSSR count). The number of aromatic nitrogens is 3. The van der Waals surface area contributed by atoms with Crippen molar-refractivity contribution in [1.29, 1.82) is 0 Å². The molecule has 0 radical (unpaired) electrons. The second kappa shape index (κ2) is 6.62. The zero-order valence-electron chi connectivity index (χ0n) is 12.6. The Hall–Kier alpha value is -1.33. The van der Waals surface area contributed by atoms with E-state index < -0.39 is 0 Å². The second-order valence-corrected chi connectivity index (χ2v) is 6.83. The van der Waals surface area contributed by atoms with Gasteiger partial charge in [-0.25, -0.2) is 0 Å². The summed E-state index contributed by atoms with van der Waals surface area (Å²) in [5.74, 6) is 0.539. The van der Waals surface area contributed by atoms with Crippen LogP contribution in [0.3, 0.4) is 0 Å². The van der Waals surface area contributed by atoms with Gasteiger partial charge in [-0.2, -0.15) is 4.98 Å². The van der Waals surface area contributed by atoms with Gasteiger partial charge in [-0.05, 0) is 24.0 Å². The monoisotopic (exact) mass is 323 g/mol. The number of rotatable bonds is 4. The Labute approximate surface area is 134 Å². The summed E-state index contributed by atoms with van der Waals surface area (Å²) in [7, 11) is 0. The van der Waals surface area contributed by atoms with Gasteiger partial charge in [0, 0.05) is 10.4 Å². The Balaban J connectivity index is 2.23. The third-order valence-corrected chi connectivity index (χ3v) is 3.61. The number of hydrogen-bond donors (Lipinski definition) is 0. The molecule has 1 aromatic carbocycles. The standard InChI is InChI=1S/C15H18ClN3OS/c1-15(2,3)12-13(17-14(21-4)19-18-12)20-9-10-5-7-11(16)8-6-10/h5-8H,9H2,1-4H3. The van der Waals surface area contributed by atoms with E-state index in [-0.39, 0.29) is 5.41 Å². The first-order valence-corrected chi connectivity index (χ1v) is 8.17. The van der Waals surface area contributed by atoms with Crippen LogP contribution in [0.2, 0.25) is 5.02 Å². The summed E-state index contributed by atoms with van der Waals surface area (Å²) < 4.78 is 5.86. The second-order valence-electron chi connectivity index (χ2n) is 5.62. The van der Waals surface area contributed by atoms with Crippen LogP contribution < -0.4 is 4.74 Å². The third kappa shape index (κ3) is 4.32. The van der Waals surface area contributed by atoms with Gasteiger partial charge in [-0.15, -0.1) is 10.2 Å². The lowest BCUT2D eigenvalue weighted by Gasteiger charge is -2.19. The van der Waals surface area contributed by atoms with Crippen molar-refractivity contribution in [2.45, 2.75) is 37.9 Å². The fourth-order valence-electron chi connectivity index (χ4n) is 1.69. The van der Waals surface area contributed by atoms with E-state index in [0.717, 1.165) is 11.3 Å². The van der Waals surface area contributed by atoms with E-state index in [9.17, 15) is 0 Å². The van der Waals surface area contributed by atoms with E-state index >= 15 is 0 Å². The predicted octanol–water partition coefficient (Wildman–Crippen LogP) is 4.12. The van der Waals surface area contributed by atoms with Crippen LogP contribution in [0.15, 0.2) is 29.4 Å².